The topological polar surface area (TPSA) is 88.2 Å². The predicted octanol–water partition coefficient (Wildman–Crippen LogP) is 3.03. The average molecular weight is 291 g/mol. The molecule has 0 aliphatic heterocycles. The minimum Gasteiger partial charge on any atom is -0.490 e. The number of nitro benzene ring substituents is 1. The minimum atomic E-state index is -0.700. The second-order valence-corrected chi connectivity index (χ2v) is 5.63. The van der Waals surface area contributed by atoms with Crippen LogP contribution in [-0.2, 0) is 0 Å². The third-order valence-corrected chi connectivity index (χ3v) is 2.92. The number of rotatable bonds is 7. The zero-order valence-electron chi connectivity index (χ0n) is 12.8. The van der Waals surface area contributed by atoms with Crippen LogP contribution in [0.5, 0.6) is 5.75 Å². The molecule has 0 fully saturated rings. The largest absolute Gasteiger partial charge is 0.490 e. The smallest absolute Gasteiger partial charge is 0.273 e. The number of benzene rings is 1. The van der Waals surface area contributed by atoms with Crippen LogP contribution in [0.2, 0.25) is 0 Å². The van der Waals surface area contributed by atoms with Gasteiger partial charge in [-0.3, -0.25) is 15.4 Å². The van der Waals surface area contributed by atoms with Crippen molar-refractivity contribution in [1.82, 2.24) is 5.32 Å². The van der Waals surface area contributed by atoms with Gasteiger partial charge < -0.3 is 4.74 Å². The molecule has 1 rings (SSSR count). The lowest BCUT2D eigenvalue weighted by Crippen LogP contribution is -2.47. The Labute approximate surface area is 124 Å². The van der Waals surface area contributed by atoms with Gasteiger partial charge in [-0.25, -0.2) is 0 Å². The number of hydrogen-bond donors (Lipinski definition) is 1. The fourth-order valence-corrected chi connectivity index (χ4v) is 2.29. The van der Waals surface area contributed by atoms with Crippen molar-refractivity contribution in [3.05, 3.63) is 34.4 Å². The minimum absolute atomic E-state index is 0.0111. The molecule has 0 aromatic heterocycles. The number of ether oxygens (including phenoxy) is 1. The highest BCUT2D eigenvalue weighted by Crippen LogP contribution is 2.22. The highest BCUT2D eigenvalue weighted by molar-refractivity contribution is 5.38. The first-order valence-corrected chi connectivity index (χ1v) is 6.86. The van der Waals surface area contributed by atoms with E-state index in [0.29, 0.717) is 12.2 Å². The second kappa shape index (κ2) is 7.04. The Hall–Kier alpha value is -2.13. The predicted molar refractivity (Wildman–Crippen MR) is 80.1 cm³/mol. The molecule has 0 aliphatic carbocycles. The number of hydrogen-bond acceptors (Lipinski definition) is 5. The molecule has 0 bridgehead atoms. The molecule has 2 unspecified atom stereocenters. The maximum Gasteiger partial charge on any atom is 0.273 e. The van der Waals surface area contributed by atoms with Gasteiger partial charge in [-0.05, 0) is 33.8 Å². The van der Waals surface area contributed by atoms with Crippen molar-refractivity contribution < 1.29 is 9.66 Å². The molecule has 0 heterocycles. The first-order chi connectivity index (χ1) is 9.75. The summed E-state index contributed by atoms with van der Waals surface area (Å²) in [7, 11) is 0. The van der Waals surface area contributed by atoms with Crippen molar-refractivity contribution >= 4 is 5.69 Å². The van der Waals surface area contributed by atoms with E-state index in [1.54, 1.807) is 12.1 Å². The molecule has 21 heavy (non-hydrogen) atoms. The van der Waals surface area contributed by atoms with Gasteiger partial charge in [0.15, 0.2) is 0 Å². The van der Waals surface area contributed by atoms with E-state index in [-0.39, 0.29) is 17.8 Å². The SMILES string of the molecule is CC(C)NC(C)(C#N)CC(C)Oc1cccc([N+](=O)[O-])c1. The summed E-state index contributed by atoms with van der Waals surface area (Å²) >= 11 is 0. The number of nitriles is 1. The standard InChI is InChI=1S/C15H21N3O3/c1-11(2)17-15(4,10-16)9-12(3)21-14-7-5-6-13(8-14)18(19)20/h5-8,11-12,17H,9H2,1-4H3. The Bertz CT molecular complexity index is 539. The van der Waals surface area contributed by atoms with Crippen LogP contribution < -0.4 is 10.1 Å². The Morgan fingerprint density at radius 1 is 1.48 bits per heavy atom. The van der Waals surface area contributed by atoms with Crippen molar-refractivity contribution in [2.45, 2.75) is 51.8 Å². The van der Waals surface area contributed by atoms with Crippen LogP contribution in [0.15, 0.2) is 24.3 Å². The first-order valence-electron chi connectivity index (χ1n) is 6.86. The van der Waals surface area contributed by atoms with E-state index in [1.165, 1.54) is 12.1 Å². The number of nitrogens with zero attached hydrogens (tertiary/aromatic N) is 2. The van der Waals surface area contributed by atoms with Gasteiger partial charge in [0.25, 0.3) is 5.69 Å². The summed E-state index contributed by atoms with van der Waals surface area (Å²) in [6, 6.07) is 8.49. The second-order valence-electron chi connectivity index (χ2n) is 5.63. The third kappa shape index (κ3) is 5.40. The Kier molecular flexibility index (Phi) is 5.68. The number of nitrogens with one attached hydrogen (secondary N) is 1. The maximum absolute atomic E-state index is 10.7. The fourth-order valence-electron chi connectivity index (χ4n) is 2.29. The van der Waals surface area contributed by atoms with E-state index in [2.05, 4.69) is 11.4 Å². The molecular weight excluding hydrogens is 270 g/mol. The van der Waals surface area contributed by atoms with E-state index < -0.39 is 10.5 Å². The van der Waals surface area contributed by atoms with Gasteiger partial charge in [-0.15, -0.1) is 0 Å². The van der Waals surface area contributed by atoms with Crippen LogP contribution in [0.3, 0.4) is 0 Å². The Balaban J connectivity index is 2.73. The third-order valence-electron chi connectivity index (χ3n) is 2.92. The molecule has 0 spiro atoms. The van der Waals surface area contributed by atoms with Crippen LogP contribution in [0.25, 0.3) is 0 Å². The zero-order valence-corrected chi connectivity index (χ0v) is 12.8. The molecular formula is C15H21N3O3. The van der Waals surface area contributed by atoms with Crippen LogP contribution in [0.4, 0.5) is 5.69 Å². The van der Waals surface area contributed by atoms with Crippen LogP contribution in [-0.4, -0.2) is 22.6 Å². The maximum atomic E-state index is 10.7. The van der Waals surface area contributed by atoms with Crippen molar-refractivity contribution in [3.8, 4) is 11.8 Å². The van der Waals surface area contributed by atoms with Gasteiger partial charge in [0.1, 0.15) is 11.3 Å². The average Bonchev–Trinajstić information content (AvgIpc) is 2.37. The van der Waals surface area contributed by atoms with Crippen molar-refractivity contribution in [1.29, 1.82) is 5.26 Å². The number of non-ortho nitro benzene ring substituents is 1. The molecule has 6 heteroatoms. The lowest BCUT2D eigenvalue weighted by Gasteiger charge is -2.28. The molecule has 1 aromatic rings. The van der Waals surface area contributed by atoms with Gasteiger partial charge in [0.2, 0.25) is 0 Å². The van der Waals surface area contributed by atoms with Crippen LogP contribution >= 0.6 is 0 Å². The summed E-state index contributed by atoms with van der Waals surface area (Å²) in [5, 5.41) is 23.2. The molecule has 0 saturated heterocycles. The van der Waals surface area contributed by atoms with Crippen molar-refractivity contribution in [3.63, 3.8) is 0 Å². The summed E-state index contributed by atoms with van der Waals surface area (Å²) in [5.74, 6) is 0.432. The molecule has 6 nitrogen and oxygen atoms in total. The van der Waals surface area contributed by atoms with Gasteiger partial charge in [-0.2, -0.15) is 5.26 Å². The molecule has 0 aliphatic rings. The monoisotopic (exact) mass is 291 g/mol. The molecule has 1 N–H and O–H groups in total. The molecule has 114 valence electrons. The molecule has 1 aromatic carbocycles. The Morgan fingerprint density at radius 3 is 2.67 bits per heavy atom. The quantitative estimate of drug-likeness (QED) is 0.616. The van der Waals surface area contributed by atoms with Gasteiger partial charge >= 0.3 is 0 Å². The van der Waals surface area contributed by atoms with Crippen molar-refractivity contribution in [2.75, 3.05) is 0 Å². The van der Waals surface area contributed by atoms with Crippen molar-refractivity contribution in [2.24, 2.45) is 0 Å². The number of nitro groups is 1. The van der Waals surface area contributed by atoms with E-state index in [9.17, 15) is 15.4 Å². The van der Waals surface area contributed by atoms with Crippen LogP contribution in [0, 0.1) is 21.4 Å². The Morgan fingerprint density at radius 2 is 2.14 bits per heavy atom. The summed E-state index contributed by atoms with van der Waals surface area (Å²) in [6.07, 6.45) is 0.229. The summed E-state index contributed by atoms with van der Waals surface area (Å²) in [4.78, 5) is 10.3. The molecule has 0 radical (unpaired) electrons. The zero-order chi connectivity index (χ0) is 16.0. The summed E-state index contributed by atoms with van der Waals surface area (Å²) < 4.78 is 5.69. The lowest BCUT2D eigenvalue weighted by atomic mass is 9.95. The van der Waals surface area contributed by atoms with Crippen LogP contribution in [0.1, 0.15) is 34.1 Å². The molecule has 0 saturated carbocycles. The summed E-state index contributed by atoms with van der Waals surface area (Å²) in [6.45, 7) is 7.61. The first kappa shape index (κ1) is 16.9. The molecule has 2 atom stereocenters. The fraction of sp³-hybridized carbons (Fsp3) is 0.533. The van der Waals surface area contributed by atoms with E-state index in [0.717, 1.165) is 0 Å². The lowest BCUT2D eigenvalue weighted by molar-refractivity contribution is -0.384. The highest BCUT2D eigenvalue weighted by Gasteiger charge is 2.27. The van der Waals surface area contributed by atoms with Gasteiger partial charge in [0.05, 0.1) is 23.2 Å². The van der Waals surface area contributed by atoms with Gasteiger partial charge in [-0.1, -0.05) is 6.07 Å². The van der Waals surface area contributed by atoms with E-state index in [4.69, 9.17) is 4.74 Å². The normalized spacial score (nSPS) is 15.0. The highest BCUT2D eigenvalue weighted by atomic mass is 16.6. The molecule has 0 amide bonds. The van der Waals surface area contributed by atoms with Gasteiger partial charge in [0, 0.05) is 18.5 Å². The van der Waals surface area contributed by atoms with E-state index >= 15 is 0 Å². The van der Waals surface area contributed by atoms with E-state index in [1.807, 2.05) is 27.7 Å². The summed E-state index contributed by atoms with van der Waals surface area (Å²) in [5.41, 5.74) is -0.711.